The fraction of sp³-hybridized carbons (Fsp3) is 0.385. The maximum atomic E-state index is 13.2. The third kappa shape index (κ3) is 4.52. The third-order valence-corrected chi connectivity index (χ3v) is 2.46. The van der Waals surface area contributed by atoms with Crippen LogP contribution in [-0.2, 0) is 16.1 Å². The number of nitriles is 1. The molecule has 0 spiro atoms. The fourth-order valence-electron chi connectivity index (χ4n) is 1.58. The number of rotatable bonds is 5. The lowest BCUT2D eigenvalue weighted by molar-refractivity contribution is -0.140. The highest BCUT2D eigenvalue weighted by Gasteiger charge is 2.07. The highest BCUT2D eigenvalue weighted by molar-refractivity contribution is 5.69. The van der Waals surface area contributed by atoms with E-state index in [2.05, 4.69) is 4.74 Å². The number of esters is 1. The molecular formula is C13H15FN2O2. The SMILES string of the molecule is COC(=O)CCN(C)Cc1cc(F)cc(C#N)c1. The van der Waals surface area contributed by atoms with Gasteiger partial charge in [0.2, 0.25) is 0 Å². The second kappa shape index (κ2) is 6.72. The van der Waals surface area contributed by atoms with Crippen LogP contribution in [0, 0.1) is 17.1 Å². The van der Waals surface area contributed by atoms with E-state index in [-0.39, 0.29) is 12.4 Å². The van der Waals surface area contributed by atoms with Crippen LogP contribution in [0.2, 0.25) is 0 Å². The Bertz CT molecular complexity index is 469. The molecule has 0 atom stereocenters. The van der Waals surface area contributed by atoms with Crippen LogP contribution in [0.25, 0.3) is 0 Å². The minimum atomic E-state index is -0.426. The Balaban J connectivity index is 2.59. The van der Waals surface area contributed by atoms with E-state index in [1.54, 1.807) is 6.07 Å². The van der Waals surface area contributed by atoms with E-state index < -0.39 is 5.82 Å². The minimum absolute atomic E-state index is 0.279. The first-order chi connectivity index (χ1) is 8.55. The Hall–Kier alpha value is -1.93. The number of methoxy groups -OCH3 is 1. The van der Waals surface area contributed by atoms with E-state index in [4.69, 9.17) is 5.26 Å². The zero-order chi connectivity index (χ0) is 13.5. The van der Waals surface area contributed by atoms with Gasteiger partial charge in [0.1, 0.15) is 5.82 Å². The molecule has 0 heterocycles. The topological polar surface area (TPSA) is 53.3 Å². The molecule has 5 heteroatoms. The summed E-state index contributed by atoms with van der Waals surface area (Å²) in [6, 6.07) is 6.12. The Labute approximate surface area is 106 Å². The van der Waals surface area contributed by atoms with E-state index in [0.29, 0.717) is 24.2 Å². The van der Waals surface area contributed by atoms with Gasteiger partial charge in [-0.15, -0.1) is 0 Å². The molecule has 0 unspecified atom stereocenters. The van der Waals surface area contributed by atoms with Crippen molar-refractivity contribution in [2.24, 2.45) is 0 Å². The molecule has 96 valence electrons. The summed E-state index contributed by atoms with van der Waals surface area (Å²) in [4.78, 5) is 12.8. The molecule has 1 aromatic rings. The highest BCUT2D eigenvalue weighted by Crippen LogP contribution is 2.10. The van der Waals surface area contributed by atoms with Crippen LogP contribution < -0.4 is 0 Å². The number of carbonyl (C=O) groups is 1. The van der Waals surface area contributed by atoms with Gasteiger partial charge in [-0.1, -0.05) is 0 Å². The molecule has 4 nitrogen and oxygen atoms in total. The van der Waals surface area contributed by atoms with Crippen molar-refractivity contribution < 1.29 is 13.9 Å². The predicted molar refractivity (Wildman–Crippen MR) is 64.1 cm³/mol. The summed E-state index contributed by atoms with van der Waals surface area (Å²) in [5, 5.41) is 8.74. The monoisotopic (exact) mass is 250 g/mol. The van der Waals surface area contributed by atoms with Crippen molar-refractivity contribution in [3.05, 3.63) is 35.1 Å². The van der Waals surface area contributed by atoms with Crippen LogP contribution in [0.5, 0.6) is 0 Å². The van der Waals surface area contributed by atoms with E-state index in [0.717, 1.165) is 0 Å². The lowest BCUT2D eigenvalue weighted by Gasteiger charge is -2.16. The molecule has 0 N–H and O–H groups in total. The van der Waals surface area contributed by atoms with Gasteiger partial charge >= 0.3 is 5.97 Å². The Morgan fingerprint density at radius 3 is 2.83 bits per heavy atom. The third-order valence-electron chi connectivity index (χ3n) is 2.46. The maximum Gasteiger partial charge on any atom is 0.306 e. The normalized spacial score (nSPS) is 10.2. The lowest BCUT2D eigenvalue weighted by Crippen LogP contribution is -2.22. The second-order valence-corrected chi connectivity index (χ2v) is 4.02. The second-order valence-electron chi connectivity index (χ2n) is 4.02. The molecule has 0 aliphatic carbocycles. The summed E-state index contributed by atoms with van der Waals surface area (Å²) >= 11 is 0. The number of hydrogen-bond donors (Lipinski definition) is 0. The number of benzene rings is 1. The van der Waals surface area contributed by atoms with Gasteiger partial charge in [0.25, 0.3) is 0 Å². The van der Waals surface area contributed by atoms with Crippen LogP contribution in [0.1, 0.15) is 17.5 Å². The molecular weight excluding hydrogens is 235 g/mol. The summed E-state index contributed by atoms with van der Waals surface area (Å²) in [5.41, 5.74) is 1.00. The average Bonchev–Trinajstić information content (AvgIpc) is 2.35. The first kappa shape index (κ1) is 14.1. The molecule has 0 aliphatic rings. The summed E-state index contributed by atoms with van der Waals surface area (Å²) in [7, 11) is 3.16. The zero-order valence-corrected chi connectivity index (χ0v) is 10.4. The first-order valence-corrected chi connectivity index (χ1v) is 5.50. The van der Waals surface area contributed by atoms with Gasteiger partial charge in [0, 0.05) is 13.1 Å². The van der Waals surface area contributed by atoms with Gasteiger partial charge in [-0.25, -0.2) is 4.39 Å². The van der Waals surface area contributed by atoms with Crippen LogP contribution >= 0.6 is 0 Å². The fourth-order valence-corrected chi connectivity index (χ4v) is 1.58. The quantitative estimate of drug-likeness (QED) is 0.746. The molecule has 0 aromatic heterocycles. The van der Waals surface area contributed by atoms with Gasteiger partial charge in [-0.05, 0) is 30.8 Å². The minimum Gasteiger partial charge on any atom is -0.469 e. The summed E-state index contributed by atoms with van der Waals surface area (Å²) in [6.45, 7) is 0.995. The maximum absolute atomic E-state index is 13.2. The molecule has 0 bridgehead atoms. The van der Waals surface area contributed by atoms with Crippen LogP contribution in [0.4, 0.5) is 4.39 Å². The van der Waals surface area contributed by atoms with Crippen molar-refractivity contribution in [1.29, 1.82) is 5.26 Å². The summed E-state index contributed by atoms with van der Waals surface area (Å²) < 4.78 is 17.7. The molecule has 0 saturated carbocycles. The van der Waals surface area contributed by atoms with Gasteiger partial charge in [0.05, 0.1) is 25.2 Å². The van der Waals surface area contributed by atoms with Crippen molar-refractivity contribution in [2.45, 2.75) is 13.0 Å². The molecule has 1 aromatic carbocycles. The molecule has 0 radical (unpaired) electrons. The summed E-state index contributed by atoms with van der Waals surface area (Å²) in [5.74, 6) is -0.704. The molecule has 0 fully saturated rings. The smallest absolute Gasteiger partial charge is 0.306 e. The average molecular weight is 250 g/mol. The first-order valence-electron chi connectivity index (χ1n) is 5.50. The number of carbonyl (C=O) groups excluding carboxylic acids is 1. The van der Waals surface area contributed by atoms with Gasteiger partial charge in [-0.2, -0.15) is 5.26 Å². The van der Waals surface area contributed by atoms with E-state index in [1.165, 1.54) is 19.2 Å². The predicted octanol–water partition coefficient (Wildman–Crippen LogP) is 1.69. The van der Waals surface area contributed by atoms with E-state index >= 15 is 0 Å². The standard InChI is InChI=1S/C13H15FN2O2/c1-16(4-3-13(17)18-2)9-11-5-10(8-15)6-12(14)7-11/h5-7H,3-4,9H2,1-2H3. The van der Waals surface area contributed by atoms with Crippen molar-refractivity contribution in [3.63, 3.8) is 0 Å². The molecule has 0 aliphatic heterocycles. The summed E-state index contributed by atoms with van der Waals surface area (Å²) in [6.07, 6.45) is 0.285. The van der Waals surface area contributed by atoms with Crippen LogP contribution in [-0.4, -0.2) is 31.6 Å². The Morgan fingerprint density at radius 2 is 2.22 bits per heavy atom. The van der Waals surface area contributed by atoms with Gasteiger partial charge in [0.15, 0.2) is 0 Å². The van der Waals surface area contributed by atoms with E-state index in [1.807, 2.05) is 18.0 Å². The van der Waals surface area contributed by atoms with Crippen LogP contribution in [0.3, 0.4) is 0 Å². The molecule has 18 heavy (non-hydrogen) atoms. The number of hydrogen-bond acceptors (Lipinski definition) is 4. The van der Waals surface area contributed by atoms with Crippen molar-refractivity contribution in [1.82, 2.24) is 4.90 Å². The molecule has 0 amide bonds. The molecule has 0 saturated heterocycles. The van der Waals surface area contributed by atoms with Gasteiger partial charge in [-0.3, -0.25) is 4.79 Å². The highest BCUT2D eigenvalue weighted by atomic mass is 19.1. The van der Waals surface area contributed by atoms with E-state index in [9.17, 15) is 9.18 Å². The Kier molecular flexibility index (Phi) is 5.28. The molecule has 1 rings (SSSR count). The largest absolute Gasteiger partial charge is 0.469 e. The van der Waals surface area contributed by atoms with Crippen molar-refractivity contribution in [2.75, 3.05) is 20.7 Å². The van der Waals surface area contributed by atoms with Gasteiger partial charge < -0.3 is 9.64 Å². The van der Waals surface area contributed by atoms with Crippen molar-refractivity contribution in [3.8, 4) is 6.07 Å². The Morgan fingerprint density at radius 1 is 1.50 bits per heavy atom. The number of ether oxygens (including phenoxy) is 1. The lowest BCUT2D eigenvalue weighted by atomic mass is 10.1. The number of nitrogens with zero attached hydrogens (tertiary/aromatic N) is 2. The van der Waals surface area contributed by atoms with Crippen molar-refractivity contribution >= 4 is 5.97 Å². The number of halogens is 1. The zero-order valence-electron chi connectivity index (χ0n) is 10.4. The van der Waals surface area contributed by atoms with Crippen LogP contribution in [0.15, 0.2) is 18.2 Å².